The van der Waals surface area contributed by atoms with Gasteiger partial charge in [0, 0.05) is 12.1 Å². The fraction of sp³-hybridized carbons (Fsp3) is 0.241. The topological polar surface area (TPSA) is 64.1 Å². The molecule has 5 rings (SSSR count). The number of hydrogen-bond donors (Lipinski definition) is 1. The highest BCUT2D eigenvalue weighted by atomic mass is 16.5. The molecule has 0 unspecified atom stereocenters. The predicted octanol–water partition coefficient (Wildman–Crippen LogP) is 5.53. The highest BCUT2D eigenvalue weighted by Gasteiger charge is 2.28. The minimum absolute atomic E-state index is 0.132. The van der Waals surface area contributed by atoms with Crippen molar-refractivity contribution < 1.29 is 9.53 Å². The lowest BCUT2D eigenvalue weighted by atomic mass is 9.92. The summed E-state index contributed by atoms with van der Waals surface area (Å²) in [7, 11) is 0. The van der Waals surface area contributed by atoms with Gasteiger partial charge < -0.3 is 14.3 Å². The fourth-order valence-electron chi connectivity index (χ4n) is 4.66. The molecule has 0 spiro atoms. The van der Waals surface area contributed by atoms with Gasteiger partial charge in [0.15, 0.2) is 0 Å². The molecule has 0 fully saturated rings. The molecule has 1 N–H and O–H groups in total. The van der Waals surface area contributed by atoms with Crippen LogP contribution in [0, 0.1) is 6.92 Å². The minimum atomic E-state index is -0.346. The van der Waals surface area contributed by atoms with Crippen molar-refractivity contribution in [2.45, 2.75) is 46.3 Å². The van der Waals surface area contributed by atoms with E-state index in [0.717, 1.165) is 46.5 Å². The van der Waals surface area contributed by atoms with Gasteiger partial charge in [0.2, 0.25) is 0 Å². The molecule has 2 heterocycles. The Kier molecular flexibility index (Phi) is 5.70. The zero-order valence-electron chi connectivity index (χ0n) is 19.7. The molecule has 172 valence electrons. The third-order valence-corrected chi connectivity index (χ3v) is 6.30. The number of benzene rings is 2. The van der Waals surface area contributed by atoms with Gasteiger partial charge in [-0.25, -0.2) is 4.79 Å². The van der Waals surface area contributed by atoms with Crippen molar-refractivity contribution >= 4 is 5.97 Å². The van der Waals surface area contributed by atoms with Crippen LogP contribution in [0.5, 0.6) is 0 Å². The molecule has 0 bridgehead atoms. The second-order valence-electron chi connectivity index (χ2n) is 9.21. The van der Waals surface area contributed by atoms with Gasteiger partial charge in [-0.1, -0.05) is 60.2 Å². The third kappa shape index (κ3) is 4.10. The van der Waals surface area contributed by atoms with Gasteiger partial charge in [0.1, 0.15) is 5.69 Å². The second kappa shape index (κ2) is 8.82. The number of H-pyrrole nitrogens is 1. The summed E-state index contributed by atoms with van der Waals surface area (Å²) in [5, 5.41) is 0. The SMILES string of the molecule is Cc1ccc(Cn2c(C(=O)OC(C)C)cc3c2-c2[nH]c(=O)c(-c4ccccc4)cc2CC3)cc1. The van der Waals surface area contributed by atoms with Gasteiger partial charge in [-0.2, -0.15) is 0 Å². The van der Waals surface area contributed by atoms with Crippen LogP contribution in [0.2, 0.25) is 0 Å². The highest BCUT2D eigenvalue weighted by molar-refractivity contribution is 5.90. The summed E-state index contributed by atoms with van der Waals surface area (Å²) >= 11 is 0. The lowest BCUT2D eigenvalue weighted by molar-refractivity contribution is 0.0366. The van der Waals surface area contributed by atoms with Crippen LogP contribution in [0.15, 0.2) is 71.5 Å². The van der Waals surface area contributed by atoms with E-state index in [1.54, 1.807) is 0 Å². The van der Waals surface area contributed by atoms with Crippen molar-refractivity contribution in [3.8, 4) is 22.5 Å². The molecule has 34 heavy (non-hydrogen) atoms. The lowest BCUT2D eigenvalue weighted by Gasteiger charge is -2.21. The number of esters is 1. The molecule has 0 radical (unpaired) electrons. The average Bonchev–Trinajstić information content (AvgIpc) is 3.19. The molecule has 2 aromatic carbocycles. The maximum Gasteiger partial charge on any atom is 0.355 e. The monoisotopic (exact) mass is 452 g/mol. The van der Waals surface area contributed by atoms with Gasteiger partial charge in [-0.05, 0) is 68.0 Å². The van der Waals surface area contributed by atoms with Crippen LogP contribution in [0.3, 0.4) is 0 Å². The zero-order valence-corrected chi connectivity index (χ0v) is 19.7. The third-order valence-electron chi connectivity index (χ3n) is 6.30. The number of aromatic amines is 1. The number of pyridine rings is 1. The maximum atomic E-state index is 13.1. The van der Waals surface area contributed by atoms with Crippen LogP contribution in [-0.2, 0) is 24.1 Å². The van der Waals surface area contributed by atoms with Crippen LogP contribution in [0.4, 0.5) is 0 Å². The average molecular weight is 453 g/mol. The Morgan fingerprint density at radius 3 is 2.41 bits per heavy atom. The lowest BCUT2D eigenvalue weighted by Crippen LogP contribution is -2.20. The molecule has 5 nitrogen and oxygen atoms in total. The molecule has 2 aromatic heterocycles. The van der Waals surface area contributed by atoms with Gasteiger partial charge in [0.25, 0.3) is 5.56 Å². The van der Waals surface area contributed by atoms with Crippen LogP contribution in [0.1, 0.15) is 46.6 Å². The Labute approximate surface area is 199 Å². The molecule has 0 amide bonds. The first-order chi connectivity index (χ1) is 16.4. The van der Waals surface area contributed by atoms with Crippen molar-refractivity contribution in [2.24, 2.45) is 0 Å². The van der Waals surface area contributed by atoms with E-state index in [4.69, 9.17) is 4.74 Å². The Balaban J connectivity index is 1.66. The summed E-state index contributed by atoms with van der Waals surface area (Å²) in [5.74, 6) is -0.346. The number of carbonyl (C=O) groups is 1. The smallest absolute Gasteiger partial charge is 0.355 e. The Bertz CT molecular complexity index is 1410. The number of fused-ring (bicyclic) bond motifs is 3. The van der Waals surface area contributed by atoms with Gasteiger partial charge >= 0.3 is 5.97 Å². The van der Waals surface area contributed by atoms with Crippen LogP contribution >= 0.6 is 0 Å². The highest BCUT2D eigenvalue weighted by Crippen LogP contribution is 2.36. The Morgan fingerprint density at radius 2 is 1.71 bits per heavy atom. The normalized spacial score (nSPS) is 12.4. The standard InChI is InChI=1S/C29H28N2O3/c1-18(2)34-29(33)25-16-23-14-13-22-15-24(21-7-5-4-6-8-21)28(32)30-26(22)27(23)31(25)17-20-11-9-19(3)10-12-20/h4-12,15-16,18H,13-14,17H2,1-3H3,(H,30,32). The largest absolute Gasteiger partial charge is 0.458 e. The van der Waals surface area contributed by atoms with Crippen molar-refractivity contribution in [3.63, 3.8) is 0 Å². The molecule has 0 saturated heterocycles. The van der Waals surface area contributed by atoms with Crippen molar-refractivity contribution in [1.82, 2.24) is 9.55 Å². The number of carbonyl (C=O) groups excluding carboxylic acids is 1. The second-order valence-corrected chi connectivity index (χ2v) is 9.21. The number of rotatable bonds is 5. The molecule has 4 aromatic rings. The molecule has 0 atom stereocenters. The van der Waals surface area contributed by atoms with E-state index in [0.29, 0.717) is 17.8 Å². The van der Waals surface area contributed by atoms with E-state index in [9.17, 15) is 9.59 Å². The minimum Gasteiger partial charge on any atom is -0.458 e. The fourth-order valence-corrected chi connectivity index (χ4v) is 4.66. The summed E-state index contributed by atoms with van der Waals surface area (Å²) in [6.45, 7) is 6.27. The number of nitrogens with one attached hydrogen (secondary N) is 1. The van der Waals surface area contributed by atoms with E-state index < -0.39 is 0 Å². The molecule has 1 aliphatic rings. The van der Waals surface area contributed by atoms with E-state index in [1.165, 1.54) is 5.56 Å². The first kappa shape index (κ1) is 22.0. The molecule has 1 aliphatic carbocycles. The van der Waals surface area contributed by atoms with Gasteiger partial charge in [-0.15, -0.1) is 0 Å². The predicted molar refractivity (Wildman–Crippen MR) is 134 cm³/mol. The van der Waals surface area contributed by atoms with Gasteiger partial charge in [-0.3, -0.25) is 4.79 Å². The Hall–Kier alpha value is -3.86. The van der Waals surface area contributed by atoms with Crippen LogP contribution in [-0.4, -0.2) is 21.6 Å². The zero-order chi connectivity index (χ0) is 23.8. The number of aromatic nitrogens is 2. The van der Waals surface area contributed by atoms with Crippen molar-refractivity contribution in [2.75, 3.05) is 0 Å². The number of hydrogen-bond acceptors (Lipinski definition) is 3. The quantitative estimate of drug-likeness (QED) is 0.405. The Morgan fingerprint density at radius 1 is 1.00 bits per heavy atom. The summed E-state index contributed by atoms with van der Waals surface area (Å²) in [6, 6.07) is 21.9. The van der Waals surface area contributed by atoms with E-state index in [-0.39, 0.29) is 17.6 Å². The van der Waals surface area contributed by atoms with E-state index in [1.807, 2.05) is 60.9 Å². The summed E-state index contributed by atoms with van der Waals surface area (Å²) in [4.78, 5) is 29.3. The van der Waals surface area contributed by atoms with E-state index >= 15 is 0 Å². The number of nitrogens with zero attached hydrogens (tertiary/aromatic N) is 1. The summed E-state index contributed by atoms with van der Waals surface area (Å²) in [5.41, 5.74) is 8.03. The van der Waals surface area contributed by atoms with Crippen molar-refractivity contribution in [3.05, 3.63) is 105 Å². The molecule has 0 saturated carbocycles. The van der Waals surface area contributed by atoms with E-state index in [2.05, 4.69) is 36.2 Å². The number of ether oxygens (including phenoxy) is 1. The van der Waals surface area contributed by atoms with Crippen molar-refractivity contribution in [1.29, 1.82) is 0 Å². The first-order valence-corrected chi connectivity index (χ1v) is 11.7. The first-order valence-electron chi connectivity index (χ1n) is 11.7. The van der Waals surface area contributed by atoms with Crippen LogP contribution < -0.4 is 5.56 Å². The summed E-state index contributed by atoms with van der Waals surface area (Å²) < 4.78 is 7.57. The molecule has 5 heteroatoms. The molecule has 0 aliphatic heterocycles. The molecular formula is C29H28N2O3. The molecular weight excluding hydrogens is 424 g/mol. The summed E-state index contributed by atoms with van der Waals surface area (Å²) in [6.07, 6.45) is 1.38. The maximum absolute atomic E-state index is 13.1. The van der Waals surface area contributed by atoms with Crippen LogP contribution in [0.25, 0.3) is 22.5 Å². The number of aryl methyl sites for hydroxylation is 3. The van der Waals surface area contributed by atoms with Gasteiger partial charge in [0.05, 0.1) is 17.5 Å².